The molecule has 0 atom stereocenters. The van der Waals surface area contributed by atoms with Crippen LogP contribution in [-0.2, 0) is 6.54 Å². The smallest absolute Gasteiger partial charge is 0.0417 e. The Balaban J connectivity index is 1.80. The summed E-state index contributed by atoms with van der Waals surface area (Å²) in [7, 11) is 0. The van der Waals surface area contributed by atoms with Crippen molar-refractivity contribution in [2.45, 2.75) is 6.54 Å². The molecule has 0 fully saturated rings. The van der Waals surface area contributed by atoms with Gasteiger partial charge in [0.25, 0.3) is 0 Å². The molecule has 0 spiro atoms. The van der Waals surface area contributed by atoms with E-state index in [-0.39, 0.29) is 0 Å². The van der Waals surface area contributed by atoms with Crippen molar-refractivity contribution < 1.29 is 0 Å². The molecule has 3 rings (SSSR count). The molecule has 0 unspecified atom stereocenters. The topological polar surface area (TPSA) is 12.0 Å². The van der Waals surface area contributed by atoms with Gasteiger partial charge in [-0.3, -0.25) is 0 Å². The molecule has 0 radical (unpaired) electrons. The summed E-state index contributed by atoms with van der Waals surface area (Å²) in [5, 5.41) is 6.63. The maximum absolute atomic E-state index is 5.96. The van der Waals surface area contributed by atoms with Crippen LogP contribution in [0.3, 0.4) is 0 Å². The lowest BCUT2D eigenvalue weighted by molar-refractivity contribution is 1.14. The SMILES string of the molecule is Clc1ccc(CNc2ccc3cc(Br)ccc3c2)c(Br)c1. The second-order valence-electron chi connectivity index (χ2n) is 4.80. The molecule has 0 aliphatic heterocycles. The van der Waals surface area contributed by atoms with Gasteiger partial charge in [0, 0.05) is 26.2 Å². The number of rotatable bonds is 3. The second-order valence-corrected chi connectivity index (χ2v) is 7.00. The molecular weight excluding hydrogens is 413 g/mol. The van der Waals surface area contributed by atoms with E-state index >= 15 is 0 Å². The van der Waals surface area contributed by atoms with E-state index in [4.69, 9.17) is 11.6 Å². The molecule has 0 aromatic heterocycles. The molecular formula is C17H12Br2ClN. The van der Waals surface area contributed by atoms with Gasteiger partial charge in [-0.2, -0.15) is 0 Å². The number of hydrogen-bond donors (Lipinski definition) is 1. The van der Waals surface area contributed by atoms with E-state index in [9.17, 15) is 0 Å². The summed E-state index contributed by atoms with van der Waals surface area (Å²) < 4.78 is 2.12. The van der Waals surface area contributed by atoms with Crippen LogP contribution in [0.1, 0.15) is 5.56 Å². The third kappa shape index (κ3) is 3.60. The highest BCUT2D eigenvalue weighted by atomic mass is 79.9. The molecule has 106 valence electrons. The van der Waals surface area contributed by atoms with Crippen molar-refractivity contribution in [3.8, 4) is 0 Å². The quantitative estimate of drug-likeness (QED) is 0.497. The largest absolute Gasteiger partial charge is 0.381 e. The normalized spacial score (nSPS) is 10.8. The Morgan fingerprint density at radius 2 is 1.62 bits per heavy atom. The molecule has 0 aliphatic rings. The van der Waals surface area contributed by atoms with Crippen LogP contribution in [0.4, 0.5) is 5.69 Å². The minimum absolute atomic E-state index is 0.738. The summed E-state index contributed by atoms with van der Waals surface area (Å²) in [4.78, 5) is 0. The number of nitrogens with one attached hydrogen (secondary N) is 1. The number of benzene rings is 3. The average Bonchev–Trinajstić information content (AvgIpc) is 2.46. The van der Waals surface area contributed by atoms with Crippen LogP contribution < -0.4 is 5.32 Å². The van der Waals surface area contributed by atoms with Crippen molar-refractivity contribution in [1.82, 2.24) is 0 Å². The van der Waals surface area contributed by atoms with E-state index < -0.39 is 0 Å². The van der Waals surface area contributed by atoms with Crippen LogP contribution in [0, 0.1) is 0 Å². The van der Waals surface area contributed by atoms with E-state index in [2.05, 4.69) is 73.6 Å². The van der Waals surface area contributed by atoms with Gasteiger partial charge in [-0.05, 0) is 52.7 Å². The van der Waals surface area contributed by atoms with Crippen molar-refractivity contribution in [2.75, 3.05) is 5.32 Å². The summed E-state index contributed by atoms with van der Waals surface area (Å²) >= 11 is 13.0. The Labute approximate surface area is 145 Å². The van der Waals surface area contributed by atoms with Gasteiger partial charge in [-0.25, -0.2) is 0 Å². The molecule has 0 amide bonds. The van der Waals surface area contributed by atoms with Gasteiger partial charge in [0.15, 0.2) is 0 Å². The van der Waals surface area contributed by atoms with Gasteiger partial charge in [0.1, 0.15) is 0 Å². The van der Waals surface area contributed by atoms with Gasteiger partial charge >= 0.3 is 0 Å². The Bertz CT molecular complexity index is 802. The van der Waals surface area contributed by atoms with E-state index in [0.717, 1.165) is 26.2 Å². The highest BCUT2D eigenvalue weighted by molar-refractivity contribution is 9.10. The van der Waals surface area contributed by atoms with Crippen molar-refractivity contribution in [3.05, 3.63) is 74.1 Å². The van der Waals surface area contributed by atoms with Gasteiger partial charge in [-0.15, -0.1) is 0 Å². The minimum atomic E-state index is 0.738. The first-order chi connectivity index (χ1) is 10.1. The molecule has 1 N–H and O–H groups in total. The lowest BCUT2D eigenvalue weighted by atomic mass is 10.1. The summed E-state index contributed by atoms with van der Waals surface area (Å²) in [6.07, 6.45) is 0. The summed E-state index contributed by atoms with van der Waals surface area (Å²) in [6, 6.07) is 18.5. The predicted octanol–water partition coefficient (Wildman–Crippen LogP) is 6.63. The zero-order valence-corrected chi connectivity index (χ0v) is 15.0. The summed E-state index contributed by atoms with van der Waals surface area (Å²) in [5.74, 6) is 0. The standard InChI is InChI=1S/C17H12Br2ClN/c18-14-4-1-12-8-16(6-3-11(12)7-14)21-10-13-2-5-15(20)9-17(13)19/h1-9,21H,10H2. The number of fused-ring (bicyclic) bond motifs is 1. The summed E-state index contributed by atoms with van der Waals surface area (Å²) in [6.45, 7) is 0.750. The third-order valence-electron chi connectivity index (χ3n) is 3.30. The molecule has 0 aliphatic carbocycles. The average molecular weight is 426 g/mol. The molecule has 0 saturated carbocycles. The van der Waals surface area contributed by atoms with Crippen LogP contribution in [-0.4, -0.2) is 0 Å². The lowest BCUT2D eigenvalue weighted by Gasteiger charge is -2.10. The van der Waals surface area contributed by atoms with Crippen LogP contribution in [0.15, 0.2) is 63.5 Å². The van der Waals surface area contributed by atoms with Gasteiger partial charge in [0.05, 0.1) is 0 Å². The minimum Gasteiger partial charge on any atom is -0.381 e. The summed E-state index contributed by atoms with van der Waals surface area (Å²) in [5.41, 5.74) is 2.28. The first-order valence-electron chi connectivity index (χ1n) is 6.49. The fourth-order valence-corrected chi connectivity index (χ4v) is 3.39. The van der Waals surface area contributed by atoms with Crippen molar-refractivity contribution in [1.29, 1.82) is 0 Å². The predicted molar refractivity (Wildman–Crippen MR) is 98.1 cm³/mol. The van der Waals surface area contributed by atoms with Crippen LogP contribution in [0.25, 0.3) is 10.8 Å². The molecule has 0 heterocycles. The van der Waals surface area contributed by atoms with E-state index in [1.165, 1.54) is 16.3 Å². The molecule has 1 nitrogen and oxygen atoms in total. The maximum Gasteiger partial charge on any atom is 0.0417 e. The third-order valence-corrected chi connectivity index (χ3v) is 4.77. The van der Waals surface area contributed by atoms with Crippen molar-refractivity contribution in [3.63, 3.8) is 0 Å². The molecule has 21 heavy (non-hydrogen) atoms. The maximum atomic E-state index is 5.96. The van der Waals surface area contributed by atoms with E-state index in [0.29, 0.717) is 0 Å². The number of anilines is 1. The van der Waals surface area contributed by atoms with Crippen molar-refractivity contribution in [2.24, 2.45) is 0 Å². The van der Waals surface area contributed by atoms with E-state index in [1.54, 1.807) is 0 Å². The molecule has 4 heteroatoms. The van der Waals surface area contributed by atoms with Crippen LogP contribution in [0.2, 0.25) is 5.02 Å². The first-order valence-corrected chi connectivity index (χ1v) is 8.45. The highest BCUT2D eigenvalue weighted by Gasteiger charge is 2.02. The Kier molecular flexibility index (Phi) is 4.53. The zero-order valence-electron chi connectivity index (χ0n) is 11.0. The number of halogens is 3. The molecule has 0 bridgehead atoms. The Morgan fingerprint density at radius 1 is 0.857 bits per heavy atom. The molecule has 3 aromatic carbocycles. The van der Waals surface area contributed by atoms with Crippen molar-refractivity contribution >= 4 is 59.9 Å². The fraction of sp³-hybridized carbons (Fsp3) is 0.0588. The van der Waals surface area contributed by atoms with Gasteiger partial charge < -0.3 is 5.32 Å². The first kappa shape index (κ1) is 14.9. The Hall–Kier alpha value is -1.03. The second kappa shape index (κ2) is 6.39. The lowest BCUT2D eigenvalue weighted by Crippen LogP contribution is -2.00. The molecule has 3 aromatic rings. The van der Waals surface area contributed by atoms with Gasteiger partial charge in [0.2, 0.25) is 0 Å². The Morgan fingerprint density at radius 3 is 2.43 bits per heavy atom. The fourth-order valence-electron chi connectivity index (χ4n) is 2.19. The highest BCUT2D eigenvalue weighted by Crippen LogP contribution is 2.25. The number of hydrogen-bond acceptors (Lipinski definition) is 1. The molecule has 0 saturated heterocycles. The van der Waals surface area contributed by atoms with Crippen LogP contribution in [0.5, 0.6) is 0 Å². The van der Waals surface area contributed by atoms with E-state index in [1.807, 2.05) is 18.2 Å². The van der Waals surface area contributed by atoms with Gasteiger partial charge in [-0.1, -0.05) is 61.7 Å². The van der Waals surface area contributed by atoms with Crippen LogP contribution >= 0.6 is 43.5 Å². The monoisotopic (exact) mass is 423 g/mol. The zero-order chi connectivity index (χ0) is 14.8.